The Labute approximate surface area is 144 Å². The van der Waals surface area contributed by atoms with Gasteiger partial charge in [0.15, 0.2) is 0 Å². The van der Waals surface area contributed by atoms with Gasteiger partial charge in [0.1, 0.15) is 10.6 Å². The molecule has 0 atom stereocenters. The van der Waals surface area contributed by atoms with Gasteiger partial charge in [-0.15, -0.1) is 0 Å². The molecule has 0 bridgehead atoms. The summed E-state index contributed by atoms with van der Waals surface area (Å²) in [5, 5.41) is 13.7. The third-order valence-corrected chi connectivity index (χ3v) is 4.77. The maximum atomic E-state index is 12.4. The van der Waals surface area contributed by atoms with Gasteiger partial charge in [-0.05, 0) is 12.5 Å². The molecule has 0 amide bonds. The topological polar surface area (TPSA) is 130 Å². The molecule has 132 valence electrons. The summed E-state index contributed by atoms with van der Waals surface area (Å²) in [7, 11) is -1.87. The highest BCUT2D eigenvalue weighted by Gasteiger charge is 2.22. The molecule has 3 aromatic heterocycles. The minimum atomic E-state index is -3.66. The maximum Gasteiger partial charge on any atom is 0.244 e. The van der Waals surface area contributed by atoms with Gasteiger partial charge in [0.2, 0.25) is 16.0 Å². The van der Waals surface area contributed by atoms with Crippen LogP contribution in [0.4, 0.5) is 11.6 Å². The number of nitrogens with one attached hydrogen (secondary N) is 3. The number of anilines is 2. The van der Waals surface area contributed by atoms with E-state index in [0.717, 1.165) is 5.69 Å². The molecule has 3 N–H and O–H groups in total. The Morgan fingerprint density at radius 1 is 1.36 bits per heavy atom. The van der Waals surface area contributed by atoms with E-state index in [1.54, 1.807) is 30.2 Å². The molecule has 10 nitrogen and oxygen atoms in total. The van der Waals surface area contributed by atoms with E-state index in [0.29, 0.717) is 24.6 Å². The van der Waals surface area contributed by atoms with E-state index in [-0.39, 0.29) is 10.6 Å². The third kappa shape index (κ3) is 3.83. The highest BCUT2D eigenvalue weighted by molar-refractivity contribution is 7.89. The first-order valence-corrected chi connectivity index (χ1v) is 9.10. The predicted octanol–water partition coefficient (Wildman–Crippen LogP) is 1.03. The predicted molar refractivity (Wildman–Crippen MR) is 91.6 cm³/mol. The molecule has 3 aromatic rings. The summed E-state index contributed by atoms with van der Waals surface area (Å²) in [6.07, 6.45) is 6.97. The molecule has 0 fully saturated rings. The molecule has 3 heterocycles. The molecular formula is C14H18N8O2S. The molecule has 25 heavy (non-hydrogen) atoms. The largest absolute Gasteiger partial charge is 0.321 e. The Kier molecular flexibility index (Phi) is 4.76. The fourth-order valence-electron chi connectivity index (χ4n) is 2.15. The first-order valence-electron chi connectivity index (χ1n) is 7.62. The molecule has 3 rings (SSSR count). The summed E-state index contributed by atoms with van der Waals surface area (Å²) in [5.41, 5.74) is 1.35. The van der Waals surface area contributed by atoms with E-state index >= 15 is 0 Å². The zero-order valence-electron chi connectivity index (χ0n) is 13.8. The molecular weight excluding hydrogens is 344 g/mol. The molecule has 0 aromatic carbocycles. The summed E-state index contributed by atoms with van der Waals surface area (Å²) in [6, 6.07) is 1.60. The molecule has 0 unspecified atom stereocenters. The molecule has 0 aliphatic rings. The van der Waals surface area contributed by atoms with Crippen LogP contribution in [0.3, 0.4) is 0 Å². The highest BCUT2D eigenvalue weighted by Crippen LogP contribution is 2.24. The van der Waals surface area contributed by atoms with Gasteiger partial charge in [0.25, 0.3) is 0 Å². The Morgan fingerprint density at radius 3 is 2.92 bits per heavy atom. The van der Waals surface area contributed by atoms with Crippen LogP contribution in [0.15, 0.2) is 35.7 Å². The summed E-state index contributed by atoms with van der Waals surface area (Å²) in [4.78, 5) is 8.52. The SMILES string of the molecule is CCCNS(=O)(=O)c1c[nH]nc1-c1ccnc(Nc2cnn(C)c2)n1. The fourth-order valence-corrected chi connectivity index (χ4v) is 3.39. The lowest BCUT2D eigenvalue weighted by Gasteiger charge is -2.06. The van der Waals surface area contributed by atoms with Crippen LogP contribution in [-0.4, -0.2) is 44.9 Å². The number of hydrogen-bond donors (Lipinski definition) is 3. The van der Waals surface area contributed by atoms with Crippen LogP contribution in [0.1, 0.15) is 13.3 Å². The van der Waals surface area contributed by atoms with Crippen molar-refractivity contribution in [2.45, 2.75) is 18.2 Å². The van der Waals surface area contributed by atoms with Crippen LogP contribution in [0, 0.1) is 0 Å². The van der Waals surface area contributed by atoms with Crippen molar-refractivity contribution in [3.63, 3.8) is 0 Å². The Morgan fingerprint density at radius 2 is 2.20 bits per heavy atom. The Balaban J connectivity index is 1.91. The molecule has 0 aliphatic carbocycles. The summed E-state index contributed by atoms with van der Waals surface area (Å²) < 4.78 is 28.9. The van der Waals surface area contributed by atoms with Gasteiger partial charge in [0.05, 0.1) is 17.6 Å². The van der Waals surface area contributed by atoms with Crippen molar-refractivity contribution in [3.05, 3.63) is 30.9 Å². The summed E-state index contributed by atoms with van der Waals surface area (Å²) in [6.45, 7) is 2.24. The van der Waals surface area contributed by atoms with E-state index in [1.165, 1.54) is 12.4 Å². The lowest BCUT2D eigenvalue weighted by molar-refractivity contribution is 0.581. The van der Waals surface area contributed by atoms with Crippen molar-refractivity contribution in [2.75, 3.05) is 11.9 Å². The van der Waals surface area contributed by atoms with E-state index in [1.807, 2.05) is 6.92 Å². The number of hydrogen-bond acceptors (Lipinski definition) is 7. The van der Waals surface area contributed by atoms with Crippen LogP contribution in [0.2, 0.25) is 0 Å². The van der Waals surface area contributed by atoms with Crippen LogP contribution >= 0.6 is 0 Å². The maximum absolute atomic E-state index is 12.4. The Hall–Kier alpha value is -2.79. The number of aromatic nitrogens is 6. The second-order valence-corrected chi connectivity index (χ2v) is 7.02. The summed E-state index contributed by atoms with van der Waals surface area (Å²) in [5.74, 6) is 0.318. The molecule has 0 saturated heterocycles. The first-order chi connectivity index (χ1) is 12.0. The van der Waals surface area contributed by atoms with Gasteiger partial charge in [-0.3, -0.25) is 9.78 Å². The van der Waals surface area contributed by atoms with Crippen LogP contribution < -0.4 is 10.0 Å². The van der Waals surface area contributed by atoms with Crippen molar-refractivity contribution < 1.29 is 8.42 Å². The lowest BCUT2D eigenvalue weighted by atomic mass is 10.3. The van der Waals surface area contributed by atoms with Crippen LogP contribution in [-0.2, 0) is 17.1 Å². The second-order valence-electron chi connectivity index (χ2n) is 5.29. The number of H-pyrrole nitrogens is 1. The lowest BCUT2D eigenvalue weighted by Crippen LogP contribution is -2.24. The van der Waals surface area contributed by atoms with Gasteiger partial charge in [0, 0.05) is 32.2 Å². The molecule has 0 saturated carbocycles. The van der Waals surface area contributed by atoms with Crippen LogP contribution in [0.5, 0.6) is 0 Å². The average molecular weight is 362 g/mol. The minimum Gasteiger partial charge on any atom is -0.321 e. The first kappa shape index (κ1) is 17.0. The quantitative estimate of drug-likeness (QED) is 0.572. The van der Waals surface area contributed by atoms with Gasteiger partial charge in [-0.25, -0.2) is 23.1 Å². The Bertz CT molecular complexity index is 963. The van der Waals surface area contributed by atoms with Crippen molar-refractivity contribution in [2.24, 2.45) is 7.05 Å². The smallest absolute Gasteiger partial charge is 0.244 e. The molecule has 11 heteroatoms. The van der Waals surface area contributed by atoms with Gasteiger partial charge < -0.3 is 5.32 Å². The zero-order valence-corrected chi connectivity index (χ0v) is 14.6. The van der Waals surface area contributed by atoms with Gasteiger partial charge in [-0.2, -0.15) is 10.2 Å². The van der Waals surface area contributed by atoms with Crippen molar-refractivity contribution in [1.82, 2.24) is 34.7 Å². The van der Waals surface area contributed by atoms with E-state index in [4.69, 9.17) is 0 Å². The minimum absolute atomic E-state index is 0.0481. The number of sulfonamides is 1. The number of rotatable bonds is 7. The van der Waals surface area contributed by atoms with Gasteiger partial charge >= 0.3 is 0 Å². The standard InChI is InChI=1S/C14H18N8O2S/c1-3-5-18-25(23,24)12-8-16-21-13(12)11-4-6-15-14(20-11)19-10-7-17-22(2)9-10/h4,6-9,18H,3,5H2,1-2H3,(H,16,21)(H,15,19,20). The number of aromatic amines is 1. The van der Waals surface area contributed by atoms with Crippen molar-refractivity contribution in [1.29, 1.82) is 0 Å². The van der Waals surface area contributed by atoms with E-state index in [2.05, 4.69) is 35.3 Å². The van der Waals surface area contributed by atoms with E-state index < -0.39 is 10.0 Å². The van der Waals surface area contributed by atoms with Crippen LogP contribution in [0.25, 0.3) is 11.4 Å². The molecule has 0 spiro atoms. The normalized spacial score (nSPS) is 11.6. The second kappa shape index (κ2) is 6.99. The highest BCUT2D eigenvalue weighted by atomic mass is 32.2. The monoisotopic (exact) mass is 362 g/mol. The number of nitrogens with zero attached hydrogens (tertiary/aromatic N) is 5. The zero-order chi connectivity index (χ0) is 17.9. The fraction of sp³-hybridized carbons (Fsp3) is 0.286. The van der Waals surface area contributed by atoms with Crippen molar-refractivity contribution in [3.8, 4) is 11.4 Å². The average Bonchev–Trinajstić information content (AvgIpc) is 3.23. The van der Waals surface area contributed by atoms with Gasteiger partial charge in [-0.1, -0.05) is 6.92 Å². The van der Waals surface area contributed by atoms with Crippen molar-refractivity contribution >= 4 is 21.7 Å². The third-order valence-electron chi connectivity index (χ3n) is 3.30. The van der Waals surface area contributed by atoms with E-state index in [9.17, 15) is 8.42 Å². The number of aryl methyl sites for hydroxylation is 1. The summed E-state index contributed by atoms with van der Waals surface area (Å²) >= 11 is 0. The molecule has 0 radical (unpaired) electrons. The molecule has 0 aliphatic heterocycles.